The van der Waals surface area contributed by atoms with Crippen molar-refractivity contribution in [1.29, 1.82) is 0 Å². The molecule has 2 aliphatic heterocycles. The second kappa shape index (κ2) is 7.37. The predicted molar refractivity (Wildman–Crippen MR) is 90.3 cm³/mol. The van der Waals surface area contributed by atoms with E-state index in [1.807, 2.05) is 6.92 Å². The Morgan fingerprint density at radius 3 is 2.68 bits per heavy atom. The molecule has 1 aromatic rings. The van der Waals surface area contributed by atoms with Gasteiger partial charge >= 0.3 is 0 Å². The van der Waals surface area contributed by atoms with Gasteiger partial charge in [-0.25, -0.2) is 0 Å². The number of thioether (sulfide) groups is 1. The highest BCUT2D eigenvalue weighted by molar-refractivity contribution is 7.99. The van der Waals surface area contributed by atoms with Gasteiger partial charge in [0.2, 0.25) is 11.8 Å². The third-order valence-corrected chi connectivity index (χ3v) is 5.07. The van der Waals surface area contributed by atoms with Crippen molar-refractivity contribution in [2.75, 3.05) is 19.0 Å². The number of hydrogen-bond donors (Lipinski definition) is 1. The second-order valence-corrected chi connectivity index (χ2v) is 6.87. The zero-order valence-corrected chi connectivity index (χ0v) is 14.6. The maximum Gasteiger partial charge on any atom is 0.262 e. The van der Waals surface area contributed by atoms with Crippen LogP contribution in [0.2, 0.25) is 0 Å². The summed E-state index contributed by atoms with van der Waals surface area (Å²) in [4.78, 5) is 50.3. The van der Waals surface area contributed by atoms with Crippen LogP contribution >= 0.6 is 11.8 Å². The largest absolute Gasteiger partial charge is 0.381 e. The van der Waals surface area contributed by atoms with Crippen LogP contribution in [0, 0.1) is 0 Å². The molecule has 25 heavy (non-hydrogen) atoms. The van der Waals surface area contributed by atoms with Gasteiger partial charge in [0.1, 0.15) is 6.04 Å². The first-order chi connectivity index (χ1) is 12.0. The minimum atomic E-state index is -0.931. The van der Waals surface area contributed by atoms with Crippen molar-refractivity contribution >= 4 is 35.4 Å². The van der Waals surface area contributed by atoms with Crippen LogP contribution in [0.5, 0.6) is 0 Å². The van der Waals surface area contributed by atoms with Crippen molar-refractivity contribution in [3.63, 3.8) is 0 Å². The number of benzene rings is 1. The Morgan fingerprint density at radius 1 is 1.20 bits per heavy atom. The first-order valence-electron chi connectivity index (χ1n) is 8.09. The Bertz CT molecular complexity index is 749. The standard InChI is InChI=1S/C17H18N2O5S/c1-2-24-7-8-25-10-3-4-11-12(9-10)17(23)19(16(11)22)13-5-6-14(20)18-15(13)21/h3-4,9,13H,2,5-8H2,1H3,(H,18,20,21). The summed E-state index contributed by atoms with van der Waals surface area (Å²) in [5.74, 6) is -1.21. The maximum atomic E-state index is 12.7. The van der Waals surface area contributed by atoms with Crippen LogP contribution in [0.15, 0.2) is 23.1 Å². The number of fused-ring (bicyclic) bond motifs is 1. The normalized spacial score (nSPS) is 20.0. The molecule has 1 saturated heterocycles. The number of imide groups is 2. The van der Waals surface area contributed by atoms with E-state index in [9.17, 15) is 19.2 Å². The van der Waals surface area contributed by atoms with Gasteiger partial charge in [-0.2, -0.15) is 0 Å². The van der Waals surface area contributed by atoms with E-state index >= 15 is 0 Å². The Balaban J connectivity index is 1.77. The maximum absolute atomic E-state index is 12.7. The number of hydrogen-bond acceptors (Lipinski definition) is 6. The second-order valence-electron chi connectivity index (χ2n) is 5.70. The Labute approximate surface area is 149 Å². The van der Waals surface area contributed by atoms with Gasteiger partial charge in [0.25, 0.3) is 11.8 Å². The molecule has 7 nitrogen and oxygen atoms in total. The van der Waals surface area contributed by atoms with Gasteiger partial charge in [0.05, 0.1) is 17.7 Å². The average Bonchev–Trinajstić information content (AvgIpc) is 2.83. The lowest BCUT2D eigenvalue weighted by molar-refractivity contribution is -0.136. The molecule has 2 aliphatic rings. The molecule has 8 heteroatoms. The molecule has 2 heterocycles. The van der Waals surface area contributed by atoms with E-state index in [0.717, 1.165) is 15.5 Å². The summed E-state index contributed by atoms with van der Waals surface area (Å²) in [5, 5.41) is 2.18. The number of nitrogens with zero attached hydrogens (tertiary/aromatic N) is 1. The average molecular weight is 362 g/mol. The number of piperidine rings is 1. The van der Waals surface area contributed by atoms with Gasteiger partial charge in [-0.05, 0) is 31.5 Å². The number of carbonyl (C=O) groups is 4. The molecule has 3 rings (SSSR count). The minimum absolute atomic E-state index is 0.113. The topological polar surface area (TPSA) is 92.8 Å². The number of nitrogens with one attached hydrogen (secondary N) is 1. The third kappa shape index (κ3) is 3.45. The van der Waals surface area contributed by atoms with E-state index in [2.05, 4.69) is 5.32 Å². The fourth-order valence-electron chi connectivity index (χ4n) is 2.90. The van der Waals surface area contributed by atoms with E-state index in [0.29, 0.717) is 24.3 Å². The van der Waals surface area contributed by atoms with Gasteiger partial charge in [-0.15, -0.1) is 11.8 Å². The molecule has 0 spiro atoms. The lowest BCUT2D eigenvalue weighted by Crippen LogP contribution is -2.54. The van der Waals surface area contributed by atoms with Crippen LogP contribution in [0.1, 0.15) is 40.5 Å². The van der Waals surface area contributed by atoms with Crippen molar-refractivity contribution in [2.24, 2.45) is 0 Å². The van der Waals surface area contributed by atoms with E-state index < -0.39 is 23.8 Å². The summed E-state index contributed by atoms with van der Waals surface area (Å²) >= 11 is 1.54. The van der Waals surface area contributed by atoms with Crippen LogP contribution in [0.25, 0.3) is 0 Å². The minimum Gasteiger partial charge on any atom is -0.381 e. The Hall–Kier alpha value is -2.19. The molecule has 0 aliphatic carbocycles. The molecule has 1 unspecified atom stereocenters. The molecule has 0 aromatic heterocycles. The molecule has 4 amide bonds. The van der Waals surface area contributed by atoms with E-state index in [4.69, 9.17) is 4.74 Å². The summed E-state index contributed by atoms with van der Waals surface area (Å²) in [6.07, 6.45) is 0.272. The number of carbonyl (C=O) groups excluding carboxylic acids is 4. The van der Waals surface area contributed by atoms with Gasteiger partial charge < -0.3 is 4.74 Å². The molecule has 0 saturated carbocycles. The highest BCUT2D eigenvalue weighted by Crippen LogP contribution is 2.30. The number of ether oxygens (including phenoxy) is 1. The summed E-state index contributed by atoms with van der Waals surface area (Å²) in [6, 6.07) is 4.15. The first kappa shape index (κ1) is 17.6. The van der Waals surface area contributed by atoms with E-state index in [1.54, 1.807) is 18.2 Å². The van der Waals surface area contributed by atoms with E-state index in [1.165, 1.54) is 11.8 Å². The smallest absolute Gasteiger partial charge is 0.262 e. The third-order valence-electron chi connectivity index (χ3n) is 4.11. The lowest BCUT2D eigenvalue weighted by Gasteiger charge is -2.27. The van der Waals surface area contributed by atoms with Crippen LogP contribution in [-0.4, -0.2) is 53.5 Å². The fourth-order valence-corrected chi connectivity index (χ4v) is 3.71. The summed E-state index contributed by atoms with van der Waals surface area (Å²) in [5.41, 5.74) is 0.597. The SMILES string of the molecule is CCOCCSc1ccc2c(c1)C(=O)N(C1CCC(=O)NC1=O)C2=O. The zero-order chi connectivity index (χ0) is 18.0. The van der Waals surface area contributed by atoms with Crippen molar-refractivity contribution in [3.8, 4) is 0 Å². The fraction of sp³-hybridized carbons (Fsp3) is 0.412. The molecule has 1 aromatic carbocycles. The Kier molecular flexibility index (Phi) is 5.19. The van der Waals surface area contributed by atoms with Gasteiger partial charge in [-0.1, -0.05) is 0 Å². The molecular weight excluding hydrogens is 344 g/mol. The summed E-state index contributed by atoms with van der Waals surface area (Å²) in [6.45, 7) is 3.18. The molecule has 1 fully saturated rings. The monoisotopic (exact) mass is 362 g/mol. The van der Waals surface area contributed by atoms with Gasteiger partial charge in [-0.3, -0.25) is 29.4 Å². The van der Waals surface area contributed by atoms with Crippen LogP contribution in [0.3, 0.4) is 0 Å². The zero-order valence-electron chi connectivity index (χ0n) is 13.7. The van der Waals surface area contributed by atoms with Crippen molar-refractivity contribution in [2.45, 2.75) is 30.7 Å². The lowest BCUT2D eigenvalue weighted by atomic mass is 10.0. The summed E-state index contributed by atoms with van der Waals surface area (Å²) < 4.78 is 5.28. The van der Waals surface area contributed by atoms with Crippen LogP contribution in [0.4, 0.5) is 0 Å². The number of rotatable bonds is 6. The molecule has 1 atom stereocenters. The number of amides is 4. The molecule has 0 radical (unpaired) electrons. The molecular formula is C17H18N2O5S. The van der Waals surface area contributed by atoms with Crippen molar-refractivity contribution < 1.29 is 23.9 Å². The molecule has 1 N–H and O–H groups in total. The highest BCUT2D eigenvalue weighted by atomic mass is 32.2. The molecule has 132 valence electrons. The summed E-state index contributed by atoms with van der Waals surface area (Å²) in [7, 11) is 0. The van der Waals surface area contributed by atoms with Gasteiger partial charge in [0, 0.05) is 23.7 Å². The Morgan fingerprint density at radius 2 is 1.96 bits per heavy atom. The predicted octanol–water partition coefficient (Wildman–Crippen LogP) is 1.22. The van der Waals surface area contributed by atoms with Crippen molar-refractivity contribution in [3.05, 3.63) is 29.3 Å². The van der Waals surface area contributed by atoms with E-state index in [-0.39, 0.29) is 18.7 Å². The highest BCUT2D eigenvalue weighted by Gasteiger charge is 2.44. The van der Waals surface area contributed by atoms with Gasteiger partial charge in [0.15, 0.2) is 0 Å². The van der Waals surface area contributed by atoms with Crippen LogP contribution in [-0.2, 0) is 14.3 Å². The van der Waals surface area contributed by atoms with Crippen molar-refractivity contribution in [1.82, 2.24) is 10.2 Å². The molecule has 0 bridgehead atoms. The van der Waals surface area contributed by atoms with Crippen LogP contribution < -0.4 is 5.32 Å². The first-order valence-corrected chi connectivity index (χ1v) is 9.07. The quantitative estimate of drug-likeness (QED) is 0.465.